The van der Waals surface area contributed by atoms with Crippen molar-refractivity contribution in [2.75, 3.05) is 6.54 Å². The Hall–Kier alpha value is -3.18. The maximum atomic E-state index is 11.8. The van der Waals surface area contributed by atoms with Crippen LogP contribution in [0.3, 0.4) is 0 Å². The molecule has 7 nitrogen and oxygen atoms in total. The average molecular weight is 402 g/mol. The Morgan fingerprint density at radius 3 is 2.80 bits per heavy atom. The molecule has 0 aliphatic rings. The number of nitrogens with one attached hydrogen (secondary N) is 1. The third-order valence-corrected chi connectivity index (χ3v) is 3.77. The summed E-state index contributed by atoms with van der Waals surface area (Å²) in [5.41, 5.74) is 0.457. The predicted octanol–water partition coefficient (Wildman–Crippen LogP) is 3.83. The summed E-state index contributed by atoms with van der Waals surface area (Å²) in [4.78, 5) is 22.1. The fraction of sp³-hybridized carbons (Fsp3) is 0.0588. The van der Waals surface area contributed by atoms with Crippen molar-refractivity contribution in [2.24, 2.45) is 0 Å². The van der Waals surface area contributed by atoms with Gasteiger partial charge in [-0.25, -0.2) is 0 Å². The lowest BCUT2D eigenvalue weighted by Gasteiger charge is -2.01. The Balaban J connectivity index is 2.29. The van der Waals surface area contributed by atoms with Crippen LogP contribution in [0.25, 0.3) is 17.4 Å². The summed E-state index contributed by atoms with van der Waals surface area (Å²) in [5.74, 6) is 0.222. The van der Waals surface area contributed by atoms with Gasteiger partial charge >= 0.3 is 0 Å². The van der Waals surface area contributed by atoms with E-state index in [2.05, 4.69) is 27.8 Å². The van der Waals surface area contributed by atoms with Crippen molar-refractivity contribution < 1.29 is 14.1 Å². The average Bonchev–Trinajstić information content (AvgIpc) is 3.05. The van der Waals surface area contributed by atoms with Crippen LogP contribution in [0.4, 0.5) is 5.69 Å². The topological polar surface area (TPSA) is 109 Å². The molecule has 1 heterocycles. The van der Waals surface area contributed by atoms with Crippen LogP contribution < -0.4 is 5.32 Å². The number of furan rings is 1. The number of carbonyl (C=O) groups excluding carboxylic acids is 1. The standard InChI is InChI=1S/C17H12BrN3O4/c1-2-7-20-17(22)11(10-19)8-13-4-6-16(25-13)14-5-3-12(21(23)24)9-15(14)18/h2-6,8-9H,1,7H2,(H,20,22)/b11-8+. The van der Waals surface area contributed by atoms with Crippen molar-refractivity contribution in [3.63, 3.8) is 0 Å². The number of nitro groups is 1. The number of nitro benzene ring substituents is 1. The van der Waals surface area contributed by atoms with Gasteiger partial charge in [0, 0.05) is 34.8 Å². The van der Waals surface area contributed by atoms with Gasteiger partial charge in [0.25, 0.3) is 11.6 Å². The minimum atomic E-state index is -0.531. The molecule has 0 saturated carbocycles. The first kappa shape index (κ1) is 18.2. The lowest BCUT2D eigenvalue weighted by Crippen LogP contribution is -2.24. The smallest absolute Gasteiger partial charge is 0.270 e. The van der Waals surface area contributed by atoms with Crippen LogP contribution in [0.15, 0.2) is 57.4 Å². The van der Waals surface area contributed by atoms with E-state index >= 15 is 0 Å². The van der Waals surface area contributed by atoms with E-state index in [1.165, 1.54) is 24.3 Å². The number of carbonyl (C=O) groups is 1. The Kier molecular flexibility index (Phi) is 5.87. The van der Waals surface area contributed by atoms with Crippen LogP contribution in [0, 0.1) is 21.4 Å². The second-order valence-electron chi connectivity index (χ2n) is 4.79. The van der Waals surface area contributed by atoms with E-state index in [1.807, 2.05) is 6.07 Å². The number of benzene rings is 1. The first-order valence-electron chi connectivity index (χ1n) is 7.01. The molecule has 1 amide bonds. The summed E-state index contributed by atoms with van der Waals surface area (Å²) in [6.45, 7) is 3.73. The van der Waals surface area contributed by atoms with Crippen LogP contribution in [0.1, 0.15) is 5.76 Å². The van der Waals surface area contributed by atoms with Crippen LogP contribution in [0.5, 0.6) is 0 Å². The monoisotopic (exact) mass is 401 g/mol. The number of hydrogen-bond donors (Lipinski definition) is 1. The molecule has 0 spiro atoms. The summed E-state index contributed by atoms with van der Waals surface area (Å²) < 4.78 is 6.11. The van der Waals surface area contributed by atoms with Gasteiger partial charge in [-0.2, -0.15) is 5.26 Å². The zero-order chi connectivity index (χ0) is 18.4. The van der Waals surface area contributed by atoms with E-state index in [9.17, 15) is 14.9 Å². The van der Waals surface area contributed by atoms with Crippen molar-refractivity contribution in [3.8, 4) is 17.4 Å². The normalized spacial score (nSPS) is 10.8. The number of non-ortho nitro benzene ring substituents is 1. The first-order chi connectivity index (χ1) is 12.0. The molecule has 8 heteroatoms. The maximum absolute atomic E-state index is 11.8. The highest BCUT2D eigenvalue weighted by Gasteiger charge is 2.14. The van der Waals surface area contributed by atoms with Crippen LogP contribution in [-0.4, -0.2) is 17.4 Å². The lowest BCUT2D eigenvalue weighted by molar-refractivity contribution is -0.384. The zero-order valence-electron chi connectivity index (χ0n) is 12.9. The van der Waals surface area contributed by atoms with Crippen molar-refractivity contribution in [1.29, 1.82) is 5.26 Å². The first-order valence-corrected chi connectivity index (χ1v) is 7.80. The van der Waals surface area contributed by atoms with E-state index < -0.39 is 10.8 Å². The Morgan fingerprint density at radius 1 is 1.44 bits per heavy atom. The molecule has 0 unspecified atom stereocenters. The van der Waals surface area contributed by atoms with Crippen LogP contribution in [0.2, 0.25) is 0 Å². The SMILES string of the molecule is C=CCNC(=O)/C(C#N)=C/c1ccc(-c2ccc([N+](=O)[O-])cc2Br)o1. The molecule has 0 atom stereocenters. The van der Waals surface area contributed by atoms with E-state index in [-0.39, 0.29) is 17.8 Å². The number of rotatable bonds is 6. The molecule has 0 aliphatic heterocycles. The van der Waals surface area contributed by atoms with Gasteiger partial charge in [-0.3, -0.25) is 14.9 Å². The van der Waals surface area contributed by atoms with E-state index in [0.717, 1.165) is 0 Å². The van der Waals surface area contributed by atoms with Gasteiger partial charge in [0.05, 0.1) is 4.92 Å². The van der Waals surface area contributed by atoms with Crippen molar-refractivity contribution >= 4 is 33.6 Å². The molecule has 0 radical (unpaired) electrons. The van der Waals surface area contributed by atoms with E-state index in [4.69, 9.17) is 9.68 Å². The van der Waals surface area contributed by atoms with Crippen LogP contribution >= 0.6 is 15.9 Å². The maximum Gasteiger partial charge on any atom is 0.270 e. The number of nitrogens with zero attached hydrogens (tertiary/aromatic N) is 2. The predicted molar refractivity (Wildman–Crippen MR) is 95.3 cm³/mol. The van der Waals surface area contributed by atoms with Crippen molar-refractivity contribution in [2.45, 2.75) is 0 Å². The Labute approximate surface area is 151 Å². The molecule has 0 fully saturated rings. The van der Waals surface area contributed by atoms with Gasteiger partial charge in [0.15, 0.2) is 0 Å². The van der Waals surface area contributed by atoms with Gasteiger partial charge in [-0.15, -0.1) is 6.58 Å². The number of amides is 1. The molecule has 0 bridgehead atoms. The van der Waals surface area contributed by atoms with Crippen LogP contribution in [-0.2, 0) is 4.79 Å². The third kappa shape index (κ3) is 4.43. The molecule has 2 rings (SSSR count). The molecule has 25 heavy (non-hydrogen) atoms. The molecular weight excluding hydrogens is 390 g/mol. The van der Waals surface area contributed by atoms with Gasteiger partial charge in [-0.1, -0.05) is 6.08 Å². The van der Waals surface area contributed by atoms with E-state index in [0.29, 0.717) is 21.6 Å². The van der Waals surface area contributed by atoms with Gasteiger partial charge in [0.1, 0.15) is 23.2 Å². The quantitative estimate of drug-likeness (QED) is 0.260. The molecule has 1 aromatic carbocycles. The second-order valence-corrected chi connectivity index (χ2v) is 5.65. The molecule has 1 aromatic heterocycles. The summed E-state index contributed by atoms with van der Waals surface area (Å²) in [6, 6.07) is 9.34. The molecular formula is C17H12BrN3O4. The molecule has 0 saturated heterocycles. The highest BCUT2D eigenvalue weighted by atomic mass is 79.9. The molecule has 1 N–H and O–H groups in total. The summed E-state index contributed by atoms with van der Waals surface area (Å²) in [6.07, 6.45) is 2.82. The number of nitriles is 1. The van der Waals surface area contributed by atoms with Crippen molar-refractivity contribution in [1.82, 2.24) is 5.32 Å². The highest BCUT2D eigenvalue weighted by Crippen LogP contribution is 2.32. The van der Waals surface area contributed by atoms with E-state index in [1.54, 1.807) is 18.2 Å². The largest absolute Gasteiger partial charge is 0.457 e. The fourth-order valence-electron chi connectivity index (χ4n) is 1.94. The fourth-order valence-corrected chi connectivity index (χ4v) is 2.51. The second kappa shape index (κ2) is 8.08. The Morgan fingerprint density at radius 2 is 2.20 bits per heavy atom. The number of hydrogen-bond acceptors (Lipinski definition) is 5. The Bertz CT molecular complexity index is 909. The minimum Gasteiger partial charge on any atom is -0.457 e. The summed E-state index contributed by atoms with van der Waals surface area (Å²) in [7, 11) is 0. The number of halogens is 1. The van der Waals surface area contributed by atoms with Gasteiger partial charge < -0.3 is 9.73 Å². The molecule has 2 aromatic rings. The van der Waals surface area contributed by atoms with Gasteiger partial charge in [-0.05, 0) is 34.1 Å². The molecule has 126 valence electrons. The van der Waals surface area contributed by atoms with Crippen molar-refractivity contribution in [3.05, 3.63) is 68.9 Å². The zero-order valence-corrected chi connectivity index (χ0v) is 14.4. The van der Waals surface area contributed by atoms with Gasteiger partial charge in [0.2, 0.25) is 0 Å². The summed E-state index contributed by atoms with van der Waals surface area (Å²) in [5, 5.41) is 22.4. The summed E-state index contributed by atoms with van der Waals surface area (Å²) >= 11 is 3.27. The third-order valence-electron chi connectivity index (χ3n) is 3.11. The highest BCUT2D eigenvalue weighted by molar-refractivity contribution is 9.10. The lowest BCUT2D eigenvalue weighted by atomic mass is 10.1. The molecule has 0 aliphatic carbocycles. The minimum absolute atomic E-state index is 0.0482.